The van der Waals surface area contributed by atoms with Crippen LogP contribution in [0.3, 0.4) is 0 Å². The maximum atomic E-state index is 10.5. The van der Waals surface area contributed by atoms with Crippen molar-refractivity contribution in [2.75, 3.05) is 14.2 Å². The predicted molar refractivity (Wildman–Crippen MR) is 60.1 cm³/mol. The van der Waals surface area contributed by atoms with Gasteiger partial charge in [0, 0.05) is 17.7 Å². The number of nitro groups is 1. The molecule has 0 aliphatic rings. The van der Waals surface area contributed by atoms with Crippen molar-refractivity contribution in [3.63, 3.8) is 0 Å². The maximum Gasteiger partial charge on any atom is 0.346 e. The van der Waals surface area contributed by atoms with Crippen LogP contribution in [-0.2, 0) is 0 Å². The minimum Gasteiger partial charge on any atom is -0.497 e. The largest absolute Gasteiger partial charge is 0.497 e. The third-order valence-corrected chi connectivity index (χ3v) is 2.04. The number of hydrogen-bond donors (Lipinski definition) is 0. The van der Waals surface area contributed by atoms with E-state index < -0.39 is 10.6 Å². The molecule has 0 N–H and O–H groups in total. The summed E-state index contributed by atoms with van der Waals surface area (Å²) in [5.41, 5.74) is -0.102. The molecule has 1 rings (SSSR count). The summed E-state index contributed by atoms with van der Waals surface area (Å²) in [7, 11) is 2.94. The van der Waals surface area contributed by atoms with E-state index in [2.05, 4.69) is 0 Å². The second kappa shape index (κ2) is 5.51. The number of benzene rings is 1. The Morgan fingerprint density at radius 2 is 2.18 bits per heavy atom. The van der Waals surface area contributed by atoms with E-state index in [1.54, 1.807) is 18.2 Å². The molecule has 1 aromatic rings. The highest BCUT2D eigenvalue weighted by atomic mass is 16.6. The van der Waals surface area contributed by atoms with Gasteiger partial charge in [0.1, 0.15) is 11.5 Å². The SMILES string of the molecule is COc1ccc(/C=C(\C#N)[N+](=O)[O-])c(OC)c1. The first-order valence-electron chi connectivity index (χ1n) is 4.60. The van der Waals surface area contributed by atoms with Crippen LogP contribution in [0.25, 0.3) is 6.08 Å². The summed E-state index contributed by atoms with van der Waals surface area (Å²) in [5, 5.41) is 19.1. The molecule has 0 aromatic heterocycles. The van der Waals surface area contributed by atoms with Gasteiger partial charge >= 0.3 is 5.70 Å². The van der Waals surface area contributed by atoms with Gasteiger partial charge in [0.05, 0.1) is 19.1 Å². The molecule has 0 bridgehead atoms. The van der Waals surface area contributed by atoms with E-state index in [9.17, 15) is 10.1 Å². The molecule has 6 nitrogen and oxygen atoms in total. The van der Waals surface area contributed by atoms with Crippen LogP contribution in [0.2, 0.25) is 0 Å². The number of rotatable bonds is 4. The topological polar surface area (TPSA) is 85.4 Å². The van der Waals surface area contributed by atoms with E-state index in [4.69, 9.17) is 14.7 Å². The molecule has 0 fully saturated rings. The first-order chi connectivity index (χ1) is 8.12. The molecular formula is C11H10N2O4. The normalized spacial score (nSPS) is 10.5. The van der Waals surface area contributed by atoms with Crippen molar-refractivity contribution in [3.05, 3.63) is 39.6 Å². The van der Waals surface area contributed by atoms with Crippen LogP contribution in [0.1, 0.15) is 5.56 Å². The van der Waals surface area contributed by atoms with E-state index in [1.807, 2.05) is 0 Å². The van der Waals surface area contributed by atoms with Crippen molar-refractivity contribution in [2.24, 2.45) is 0 Å². The summed E-state index contributed by atoms with van der Waals surface area (Å²) in [5.74, 6) is 0.970. The molecule has 0 atom stereocenters. The lowest BCUT2D eigenvalue weighted by molar-refractivity contribution is -0.415. The van der Waals surface area contributed by atoms with Crippen molar-refractivity contribution >= 4 is 6.08 Å². The molecule has 0 amide bonds. The van der Waals surface area contributed by atoms with Gasteiger partial charge in [-0.3, -0.25) is 10.1 Å². The number of nitrogens with zero attached hydrogens (tertiary/aromatic N) is 2. The van der Waals surface area contributed by atoms with Crippen LogP contribution in [0.15, 0.2) is 23.9 Å². The van der Waals surface area contributed by atoms with Gasteiger partial charge in [0.2, 0.25) is 0 Å². The Kier molecular flexibility index (Phi) is 4.06. The third-order valence-electron chi connectivity index (χ3n) is 2.04. The molecule has 0 saturated heterocycles. The second-order valence-electron chi connectivity index (χ2n) is 3.01. The van der Waals surface area contributed by atoms with Gasteiger partial charge in [-0.2, -0.15) is 5.26 Å². The number of ether oxygens (including phenoxy) is 2. The molecule has 0 radical (unpaired) electrons. The van der Waals surface area contributed by atoms with Crippen molar-refractivity contribution in [3.8, 4) is 17.6 Å². The average Bonchev–Trinajstić information content (AvgIpc) is 2.35. The van der Waals surface area contributed by atoms with E-state index in [0.717, 1.165) is 6.08 Å². The number of allylic oxidation sites excluding steroid dienone is 1. The lowest BCUT2D eigenvalue weighted by Gasteiger charge is -2.06. The van der Waals surface area contributed by atoms with Gasteiger partial charge in [-0.1, -0.05) is 0 Å². The van der Waals surface area contributed by atoms with Crippen LogP contribution in [0.5, 0.6) is 11.5 Å². The van der Waals surface area contributed by atoms with Gasteiger partial charge in [-0.25, -0.2) is 0 Å². The fraction of sp³-hybridized carbons (Fsp3) is 0.182. The summed E-state index contributed by atoms with van der Waals surface area (Å²) in [6.07, 6.45) is 1.15. The van der Waals surface area contributed by atoms with Crippen molar-refractivity contribution in [1.29, 1.82) is 5.26 Å². The fourth-order valence-electron chi connectivity index (χ4n) is 1.21. The smallest absolute Gasteiger partial charge is 0.346 e. The molecule has 0 unspecified atom stereocenters. The van der Waals surface area contributed by atoms with Crippen molar-refractivity contribution < 1.29 is 14.4 Å². The second-order valence-corrected chi connectivity index (χ2v) is 3.01. The van der Waals surface area contributed by atoms with Crippen molar-refractivity contribution in [2.45, 2.75) is 0 Å². The van der Waals surface area contributed by atoms with E-state index >= 15 is 0 Å². The molecular weight excluding hydrogens is 224 g/mol. The molecule has 17 heavy (non-hydrogen) atoms. The highest BCUT2D eigenvalue weighted by molar-refractivity contribution is 5.62. The number of methoxy groups -OCH3 is 2. The van der Waals surface area contributed by atoms with E-state index in [1.165, 1.54) is 20.3 Å². The highest BCUT2D eigenvalue weighted by Crippen LogP contribution is 2.26. The Morgan fingerprint density at radius 1 is 1.47 bits per heavy atom. The zero-order valence-electron chi connectivity index (χ0n) is 9.34. The van der Waals surface area contributed by atoms with Gasteiger partial charge in [0.25, 0.3) is 0 Å². The molecule has 88 valence electrons. The summed E-state index contributed by atoms with van der Waals surface area (Å²) < 4.78 is 10.0. The number of hydrogen-bond acceptors (Lipinski definition) is 5. The number of nitriles is 1. The van der Waals surface area contributed by atoms with Crippen LogP contribution in [-0.4, -0.2) is 19.1 Å². The lowest BCUT2D eigenvalue weighted by Crippen LogP contribution is -1.96. The van der Waals surface area contributed by atoms with Gasteiger partial charge in [0.15, 0.2) is 6.07 Å². The van der Waals surface area contributed by atoms with Crippen LogP contribution >= 0.6 is 0 Å². The molecule has 0 aliphatic carbocycles. The van der Waals surface area contributed by atoms with Gasteiger partial charge in [-0.05, 0) is 12.1 Å². The molecule has 0 saturated carbocycles. The first kappa shape index (κ1) is 12.5. The lowest BCUT2D eigenvalue weighted by atomic mass is 10.1. The summed E-state index contributed by atoms with van der Waals surface area (Å²) in [6.45, 7) is 0. The van der Waals surface area contributed by atoms with Gasteiger partial charge in [-0.15, -0.1) is 0 Å². The fourth-order valence-corrected chi connectivity index (χ4v) is 1.21. The van der Waals surface area contributed by atoms with Crippen LogP contribution < -0.4 is 9.47 Å². The Labute approximate surface area is 97.8 Å². The zero-order valence-corrected chi connectivity index (χ0v) is 9.34. The monoisotopic (exact) mass is 234 g/mol. The van der Waals surface area contributed by atoms with Gasteiger partial charge < -0.3 is 9.47 Å². The van der Waals surface area contributed by atoms with E-state index in [-0.39, 0.29) is 0 Å². The summed E-state index contributed by atoms with van der Waals surface area (Å²) in [4.78, 5) is 9.76. The zero-order chi connectivity index (χ0) is 12.8. The average molecular weight is 234 g/mol. The molecule has 0 spiro atoms. The highest BCUT2D eigenvalue weighted by Gasteiger charge is 2.11. The van der Waals surface area contributed by atoms with Crippen LogP contribution in [0, 0.1) is 21.4 Å². The maximum absolute atomic E-state index is 10.5. The minimum absolute atomic E-state index is 0.402. The third kappa shape index (κ3) is 2.95. The van der Waals surface area contributed by atoms with Crippen molar-refractivity contribution in [1.82, 2.24) is 0 Å². The molecule has 1 aromatic carbocycles. The molecule has 0 aliphatic heterocycles. The molecule has 6 heteroatoms. The van der Waals surface area contributed by atoms with E-state index in [0.29, 0.717) is 17.1 Å². The predicted octanol–water partition coefficient (Wildman–Crippen LogP) is 1.84. The molecule has 0 heterocycles. The summed E-state index contributed by atoms with van der Waals surface area (Å²) >= 11 is 0. The first-order valence-corrected chi connectivity index (χ1v) is 4.60. The Bertz CT molecular complexity index is 503. The summed E-state index contributed by atoms with van der Waals surface area (Å²) in [6, 6.07) is 6.30. The minimum atomic E-state index is -0.746. The Morgan fingerprint density at radius 3 is 2.65 bits per heavy atom. The quantitative estimate of drug-likeness (QED) is 0.450. The Hall–Kier alpha value is -2.55. The standard InChI is InChI=1S/C11H10N2O4/c1-16-10-4-3-8(11(6-10)17-2)5-9(7-12)13(14)15/h3-6H,1-2H3/b9-5+. The van der Waals surface area contributed by atoms with Crippen LogP contribution in [0.4, 0.5) is 0 Å². The Balaban J connectivity index is 3.23.